The topological polar surface area (TPSA) is 17.3 Å². The maximum Gasteiger partial charge on any atom is 0.140 e. The highest BCUT2D eigenvalue weighted by Crippen LogP contribution is 2.29. The van der Waals surface area contributed by atoms with E-state index in [1.54, 1.807) is 12.1 Å². The molecule has 0 fully saturated rings. The molecule has 0 amide bonds. The van der Waals surface area contributed by atoms with Crippen LogP contribution < -0.4 is 0 Å². The summed E-state index contributed by atoms with van der Waals surface area (Å²) in [5.74, 6) is -0.217. The Balaban J connectivity index is 1.95. The molecule has 2 heterocycles. The van der Waals surface area contributed by atoms with E-state index in [0.717, 1.165) is 38.2 Å². The molecule has 0 atom stereocenters. The minimum Gasteiger partial charge on any atom is -0.302 e. The van der Waals surface area contributed by atoms with Crippen molar-refractivity contribution >= 4 is 21.6 Å². The number of pyridine rings is 1. The molecule has 4 aromatic rings. The lowest BCUT2D eigenvalue weighted by atomic mass is 10.0. The van der Waals surface area contributed by atoms with Crippen molar-refractivity contribution in [3.8, 4) is 11.3 Å². The van der Waals surface area contributed by atoms with Gasteiger partial charge in [0.05, 0.1) is 11.4 Å². The number of fused-ring (bicyclic) bond motifs is 1. The molecule has 0 unspecified atom stereocenters. The van der Waals surface area contributed by atoms with E-state index in [-0.39, 0.29) is 5.82 Å². The molecule has 0 bridgehead atoms. The van der Waals surface area contributed by atoms with Gasteiger partial charge in [0.1, 0.15) is 11.5 Å². The van der Waals surface area contributed by atoms with E-state index >= 15 is 0 Å². The predicted molar refractivity (Wildman–Crippen MR) is 107 cm³/mol. The Morgan fingerprint density at radius 3 is 2.54 bits per heavy atom. The number of aromatic nitrogens is 2. The highest BCUT2D eigenvalue weighted by Gasteiger charge is 2.16. The van der Waals surface area contributed by atoms with Gasteiger partial charge in [0, 0.05) is 22.7 Å². The summed E-state index contributed by atoms with van der Waals surface area (Å²) in [6.07, 6.45) is 2.64. The molecule has 4 heteroatoms. The summed E-state index contributed by atoms with van der Waals surface area (Å²) < 4.78 is 16.8. The maximum atomic E-state index is 13.7. The second-order valence-electron chi connectivity index (χ2n) is 6.61. The number of aryl methyl sites for hydroxylation is 2. The summed E-state index contributed by atoms with van der Waals surface area (Å²) in [5.41, 5.74) is 7.23. The van der Waals surface area contributed by atoms with Crippen LogP contribution in [0.4, 0.5) is 4.39 Å². The van der Waals surface area contributed by atoms with Crippen LogP contribution in [0, 0.1) is 19.7 Å². The van der Waals surface area contributed by atoms with Gasteiger partial charge < -0.3 is 4.40 Å². The van der Waals surface area contributed by atoms with Crippen LogP contribution in [0.25, 0.3) is 16.9 Å². The van der Waals surface area contributed by atoms with Crippen molar-refractivity contribution < 1.29 is 4.39 Å². The molecule has 2 aromatic heterocycles. The van der Waals surface area contributed by atoms with Crippen LogP contribution in [-0.2, 0) is 6.42 Å². The number of imidazole rings is 1. The number of nitrogens with zero attached hydrogens (tertiary/aromatic N) is 2. The highest BCUT2D eigenvalue weighted by atomic mass is 79.9. The van der Waals surface area contributed by atoms with E-state index in [9.17, 15) is 4.39 Å². The normalized spacial score (nSPS) is 11.2. The summed E-state index contributed by atoms with van der Waals surface area (Å²) >= 11 is 3.58. The molecule has 2 nitrogen and oxygen atoms in total. The lowest BCUT2D eigenvalue weighted by Gasteiger charge is -2.07. The quantitative estimate of drug-likeness (QED) is 0.399. The van der Waals surface area contributed by atoms with Gasteiger partial charge in [-0.3, -0.25) is 0 Å². The van der Waals surface area contributed by atoms with Crippen LogP contribution in [0.2, 0.25) is 0 Å². The molecular formula is C22H18BrFN2. The largest absolute Gasteiger partial charge is 0.302 e. The average molecular weight is 409 g/mol. The Kier molecular flexibility index (Phi) is 4.37. The highest BCUT2D eigenvalue weighted by molar-refractivity contribution is 9.10. The third-order valence-electron chi connectivity index (χ3n) is 4.56. The zero-order chi connectivity index (χ0) is 18.3. The van der Waals surface area contributed by atoms with Crippen molar-refractivity contribution in [3.63, 3.8) is 0 Å². The average Bonchev–Trinajstić information content (AvgIpc) is 2.94. The summed E-state index contributed by atoms with van der Waals surface area (Å²) in [6.45, 7) is 4.13. The molecule has 0 saturated carbocycles. The van der Waals surface area contributed by atoms with E-state index in [1.165, 1.54) is 11.6 Å². The van der Waals surface area contributed by atoms with Gasteiger partial charge in [-0.05, 0) is 59.1 Å². The van der Waals surface area contributed by atoms with E-state index in [4.69, 9.17) is 4.98 Å². The first-order valence-electron chi connectivity index (χ1n) is 8.50. The summed E-state index contributed by atoms with van der Waals surface area (Å²) in [5, 5.41) is 0. The van der Waals surface area contributed by atoms with E-state index in [1.807, 2.05) is 12.3 Å². The van der Waals surface area contributed by atoms with Crippen LogP contribution in [0.3, 0.4) is 0 Å². The number of benzene rings is 2. The SMILES string of the molecule is Cc1ccc(-c2nc3c(C)cc(Br)cn3c2Cc2cccc(F)c2)cc1. The molecule has 4 rings (SSSR count). The number of hydrogen-bond donors (Lipinski definition) is 0. The fourth-order valence-electron chi connectivity index (χ4n) is 3.27. The fraction of sp³-hybridized carbons (Fsp3) is 0.136. The number of rotatable bonds is 3. The third-order valence-corrected chi connectivity index (χ3v) is 4.99. The second-order valence-corrected chi connectivity index (χ2v) is 7.53. The molecule has 0 aliphatic heterocycles. The van der Waals surface area contributed by atoms with Gasteiger partial charge in [0.25, 0.3) is 0 Å². The van der Waals surface area contributed by atoms with Crippen LogP contribution in [-0.4, -0.2) is 9.38 Å². The maximum absolute atomic E-state index is 13.7. The van der Waals surface area contributed by atoms with Gasteiger partial charge in [0.15, 0.2) is 0 Å². The van der Waals surface area contributed by atoms with Crippen molar-refractivity contribution in [3.05, 3.63) is 93.5 Å². The molecule has 130 valence electrons. The Morgan fingerprint density at radius 1 is 1.04 bits per heavy atom. The first-order chi connectivity index (χ1) is 12.5. The molecule has 2 aromatic carbocycles. The standard InChI is InChI=1S/C22H18BrFN2/c1-14-6-8-17(9-7-14)21-20(12-16-4-3-5-19(24)11-16)26-13-18(23)10-15(2)22(26)25-21/h3-11,13H,12H2,1-2H3. The second kappa shape index (κ2) is 6.69. The zero-order valence-corrected chi connectivity index (χ0v) is 16.2. The third kappa shape index (κ3) is 3.17. The molecule has 0 aliphatic carbocycles. The lowest BCUT2D eigenvalue weighted by molar-refractivity contribution is 0.626. The van der Waals surface area contributed by atoms with Gasteiger partial charge >= 0.3 is 0 Å². The van der Waals surface area contributed by atoms with E-state index in [2.05, 4.69) is 64.5 Å². The first kappa shape index (κ1) is 17.0. The van der Waals surface area contributed by atoms with Gasteiger partial charge in [-0.25, -0.2) is 9.37 Å². The van der Waals surface area contributed by atoms with Gasteiger partial charge in [-0.1, -0.05) is 42.0 Å². The molecule has 0 N–H and O–H groups in total. The Labute approximate surface area is 160 Å². The zero-order valence-electron chi connectivity index (χ0n) is 14.6. The van der Waals surface area contributed by atoms with Crippen molar-refractivity contribution in [2.24, 2.45) is 0 Å². The fourth-order valence-corrected chi connectivity index (χ4v) is 3.82. The summed E-state index contributed by atoms with van der Waals surface area (Å²) in [6, 6.07) is 17.2. The summed E-state index contributed by atoms with van der Waals surface area (Å²) in [4.78, 5) is 4.92. The Hall–Kier alpha value is -2.46. The van der Waals surface area contributed by atoms with Crippen molar-refractivity contribution in [1.29, 1.82) is 0 Å². The molecule has 0 spiro atoms. The van der Waals surface area contributed by atoms with Crippen LogP contribution in [0.1, 0.15) is 22.4 Å². The summed E-state index contributed by atoms with van der Waals surface area (Å²) in [7, 11) is 0. The molecule has 0 radical (unpaired) electrons. The molecule has 0 saturated heterocycles. The smallest absolute Gasteiger partial charge is 0.140 e. The van der Waals surface area contributed by atoms with Crippen LogP contribution in [0.15, 0.2) is 65.3 Å². The number of hydrogen-bond acceptors (Lipinski definition) is 1. The van der Waals surface area contributed by atoms with E-state index in [0.29, 0.717) is 6.42 Å². The Bertz CT molecular complexity index is 1100. The van der Waals surface area contributed by atoms with Crippen molar-refractivity contribution in [2.75, 3.05) is 0 Å². The Morgan fingerprint density at radius 2 is 1.81 bits per heavy atom. The molecule has 0 aliphatic rings. The van der Waals surface area contributed by atoms with Crippen molar-refractivity contribution in [2.45, 2.75) is 20.3 Å². The lowest BCUT2D eigenvalue weighted by Crippen LogP contribution is -1.98. The van der Waals surface area contributed by atoms with Gasteiger partial charge in [0.2, 0.25) is 0 Å². The number of halogens is 2. The minimum absolute atomic E-state index is 0.217. The van der Waals surface area contributed by atoms with Gasteiger partial charge in [-0.2, -0.15) is 0 Å². The van der Waals surface area contributed by atoms with E-state index < -0.39 is 0 Å². The van der Waals surface area contributed by atoms with Crippen LogP contribution >= 0.6 is 15.9 Å². The molecule has 26 heavy (non-hydrogen) atoms. The first-order valence-corrected chi connectivity index (χ1v) is 9.29. The monoisotopic (exact) mass is 408 g/mol. The van der Waals surface area contributed by atoms with Crippen molar-refractivity contribution in [1.82, 2.24) is 9.38 Å². The molecular weight excluding hydrogens is 391 g/mol. The van der Waals surface area contributed by atoms with Crippen LogP contribution in [0.5, 0.6) is 0 Å². The minimum atomic E-state index is -0.217. The predicted octanol–water partition coefficient (Wildman–Crippen LogP) is 6.11. The van der Waals surface area contributed by atoms with Gasteiger partial charge in [-0.15, -0.1) is 0 Å².